The summed E-state index contributed by atoms with van der Waals surface area (Å²) in [6.45, 7) is 2.87. The highest BCUT2D eigenvalue weighted by molar-refractivity contribution is 5.74. The van der Waals surface area contributed by atoms with Crippen LogP contribution in [0, 0.1) is 0 Å². The lowest BCUT2D eigenvalue weighted by Crippen LogP contribution is -2.45. The molecule has 2 amide bonds. The van der Waals surface area contributed by atoms with Gasteiger partial charge in [-0.15, -0.1) is 0 Å². The van der Waals surface area contributed by atoms with Gasteiger partial charge < -0.3 is 19.7 Å². The van der Waals surface area contributed by atoms with Crippen molar-refractivity contribution in [3.63, 3.8) is 0 Å². The predicted molar refractivity (Wildman–Crippen MR) is 64.4 cm³/mol. The van der Waals surface area contributed by atoms with Crippen LogP contribution in [0.1, 0.15) is 5.69 Å². The minimum absolute atomic E-state index is 0.0806. The molecule has 1 aromatic heterocycles. The van der Waals surface area contributed by atoms with Crippen molar-refractivity contribution in [3.8, 4) is 5.88 Å². The van der Waals surface area contributed by atoms with E-state index in [1.165, 1.54) is 0 Å². The second kappa shape index (κ2) is 5.72. The van der Waals surface area contributed by atoms with Gasteiger partial charge in [0.1, 0.15) is 0 Å². The number of nitrogens with one attached hydrogen (secondary N) is 1. The van der Waals surface area contributed by atoms with Crippen LogP contribution in [-0.2, 0) is 18.3 Å². The van der Waals surface area contributed by atoms with Crippen molar-refractivity contribution in [2.45, 2.75) is 6.54 Å². The average Bonchev–Trinajstić information content (AvgIpc) is 2.77. The van der Waals surface area contributed by atoms with E-state index >= 15 is 0 Å². The van der Waals surface area contributed by atoms with Crippen LogP contribution in [0.15, 0.2) is 6.07 Å². The fraction of sp³-hybridized carbons (Fsp3) is 0.636. The Labute approximate surface area is 106 Å². The fourth-order valence-corrected chi connectivity index (χ4v) is 1.83. The summed E-state index contributed by atoms with van der Waals surface area (Å²) >= 11 is 0. The minimum atomic E-state index is -0.0806. The fourth-order valence-electron chi connectivity index (χ4n) is 1.83. The standard InChI is InChI=1S/C11H18N4O3/c1-14-10(17-2)7-9(13-14)8-12-11(16)15-3-5-18-6-4-15/h7H,3-6,8H2,1-2H3,(H,12,16). The van der Waals surface area contributed by atoms with E-state index in [4.69, 9.17) is 9.47 Å². The maximum atomic E-state index is 11.8. The van der Waals surface area contributed by atoms with Crippen LogP contribution in [-0.4, -0.2) is 54.1 Å². The van der Waals surface area contributed by atoms with Gasteiger partial charge in [0, 0.05) is 26.2 Å². The maximum Gasteiger partial charge on any atom is 0.317 e. The van der Waals surface area contributed by atoms with Crippen molar-refractivity contribution in [2.75, 3.05) is 33.4 Å². The number of carbonyl (C=O) groups excluding carboxylic acids is 1. The molecule has 0 bridgehead atoms. The van der Waals surface area contributed by atoms with Crippen LogP contribution in [0.4, 0.5) is 4.79 Å². The zero-order chi connectivity index (χ0) is 13.0. The average molecular weight is 254 g/mol. The summed E-state index contributed by atoms with van der Waals surface area (Å²) in [6, 6.07) is 1.72. The number of hydrogen-bond donors (Lipinski definition) is 1. The van der Waals surface area contributed by atoms with Crippen molar-refractivity contribution in [1.82, 2.24) is 20.0 Å². The van der Waals surface area contributed by atoms with Gasteiger partial charge in [0.15, 0.2) is 0 Å². The minimum Gasteiger partial charge on any atom is -0.481 e. The third-order valence-corrected chi connectivity index (χ3v) is 2.82. The van der Waals surface area contributed by atoms with Crippen LogP contribution in [0.5, 0.6) is 5.88 Å². The first-order valence-electron chi connectivity index (χ1n) is 5.88. The highest BCUT2D eigenvalue weighted by atomic mass is 16.5. The Balaban J connectivity index is 1.84. The summed E-state index contributed by atoms with van der Waals surface area (Å²) in [4.78, 5) is 13.6. The Morgan fingerprint density at radius 2 is 2.28 bits per heavy atom. The molecule has 0 saturated carbocycles. The normalized spacial score (nSPS) is 15.6. The van der Waals surface area contributed by atoms with Crippen molar-refractivity contribution >= 4 is 6.03 Å². The van der Waals surface area contributed by atoms with Gasteiger partial charge in [-0.2, -0.15) is 5.10 Å². The number of amides is 2. The lowest BCUT2D eigenvalue weighted by Gasteiger charge is -2.26. The van der Waals surface area contributed by atoms with Gasteiger partial charge in [-0.05, 0) is 0 Å². The molecule has 7 heteroatoms. The molecular weight excluding hydrogens is 236 g/mol. The van der Waals surface area contributed by atoms with Crippen molar-refractivity contribution in [2.24, 2.45) is 7.05 Å². The van der Waals surface area contributed by atoms with Gasteiger partial charge in [0.05, 0.1) is 32.6 Å². The molecule has 0 atom stereocenters. The summed E-state index contributed by atoms with van der Waals surface area (Å²) in [6.07, 6.45) is 0. The van der Waals surface area contributed by atoms with Crippen LogP contribution in [0.25, 0.3) is 0 Å². The maximum absolute atomic E-state index is 11.8. The first-order valence-corrected chi connectivity index (χ1v) is 5.88. The smallest absolute Gasteiger partial charge is 0.317 e. The zero-order valence-electron chi connectivity index (χ0n) is 10.7. The molecule has 2 heterocycles. The van der Waals surface area contributed by atoms with E-state index in [0.717, 1.165) is 5.69 Å². The molecule has 18 heavy (non-hydrogen) atoms. The molecule has 1 aliphatic heterocycles. The number of urea groups is 1. The third-order valence-electron chi connectivity index (χ3n) is 2.82. The number of morpholine rings is 1. The molecule has 100 valence electrons. The van der Waals surface area contributed by atoms with E-state index in [1.807, 2.05) is 0 Å². The molecule has 7 nitrogen and oxygen atoms in total. The zero-order valence-corrected chi connectivity index (χ0v) is 10.7. The molecule has 0 aromatic carbocycles. The molecule has 0 radical (unpaired) electrons. The summed E-state index contributed by atoms with van der Waals surface area (Å²) in [7, 11) is 3.39. The Bertz CT molecular complexity index is 412. The van der Waals surface area contributed by atoms with Gasteiger partial charge in [0.2, 0.25) is 5.88 Å². The van der Waals surface area contributed by atoms with Crippen molar-refractivity contribution in [1.29, 1.82) is 0 Å². The molecule has 1 N–H and O–H groups in total. The van der Waals surface area contributed by atoms with Crippen LogP contribution in [0.2, 0.25) is 0 Å². The highest BCUT2D eigenvalue weighted by Crippen LogP contribution is 2.10. The third kappa shape index (κ3) is 2.92. The van der Waals surface area contributed by atoms with Crippen LogP contribution < -0.4 is 10.1 Å². The van der Waals surface area contributed by atoms with E-state index in [1.54, 1.807) is 29.8 Å². The summed E-state index contributed by atoms with van der Waals surface area (Å²) in [5.74, 6) is 0.672. The number of nitrogens with zero attached hydrogens (tertiary/aromatic N) is 3. The van der Waals surface area contributed by atoms with E-state index in [9.17, 15) is 4.79 Å². The number of hydrogen-bond acceptors (Lipinski definition) is 4. The number of methoxy groups -OCH3 is 1. The van der Waals surface area contributed by atoms with E-state index in [0.29, 0.717) is 38.7 Å². The molecule has 1 fully saturated rings. The van der Waals surface area contributed by atoms with E-state index in [2.05, 4.69) is 10.4 Å². The van der Waals surface area contributed by atoms with Gasteiger partial charge in [-0.3, -0.25) is 0 Å². The summed E-state index contributed by atoms with van der Waals surface area (Å²) < 4.78 is 11.9. The second-order valence-electron chi connectivity index (χ2n) is 4.06. The number of aromatic nitrogens is 2. The van der Waals surface area contributed by atoms with Crippen molar-refractivity contribution in [3.05, 3.63) is 11.8 Å². The topological polar surface area (TPSA) is 68.6 Å². The van der Waals surface area contributed by atoms with Crippen LogP contribution >= 0.6 is 0 Å². The van der Waals surface area contributed by atoms with Crippen LogP contribution in [0.3, 0.4) is 0 Å². The highest BCUT2D eigenvalue weighted by Gasteiger charge is 2.16. The Hall–Kier alpha value is -1.76. The molecule has 0 spiro atoms. The van der Waals surface area contributed by atoms with Gasteiger partial charge in [-0.1, -0.05) is 0 Å². The Morgan fingerprint density at radius 3 is 2.89 bits per heavy atom. The largest absolute Gasteiger partial charge is 0.481 e. The van der Waals surface area contributed by atoms with Gasteiger partial charge in [0.25, 0.3) is 0 Å². The SMILES string of the molecule is COc1cc(CNC(=O)N2CCOCC2)nn1C. The lowest BCUT2D eigenvalue weighted by atomic mass is 10.4. The summed E-state index contributed by atoms with van der Waals surface area (Å²) in [5.41, 5.74) is 0.774. The molecule has 0 aliphatic carbocycles. The summed E-state index contributed by atoms with van der Waals surface area (Å²) in [5, 5.41) is 7.07. The quantitative estimate of drug-likeness (QED) is 0.822. The molecule has 1 aliphatic rings. The first kappa shape index (κ1) is 12.7. The molecular formula is C11H18N4O3. The number of rotatable bonds is 3. The van der Waals surface area contributed by atoms with E-state index in [-0.39, 0.29) is 6.03 Å². The molecule has 1 saturated heterocycles. The number of aryl methyl sites for hydroxylation is 1. The number of ether oxygens (including phenoxy) is 2. The first-order chi connectivity index (χ1) is 8.70. The lowest BCUT2D eigenvalue weighted by molar-refractivity contribution is 0.0531. The Kier molecular flexibility index (Phi) is 4.03. The molecule has 1 aromatic rings. The Morgan fingerprint density at radius 1 is 1.56 bits per heavy atom. The number of carbonyl (C=O) groups is 1. The second-order valence-corrected chi connectivity index (χ2v) is 4.06. The molecule has 2 rings (SSSR count). The molecule has 0 unspecified atom stereocenters. The van der Waals surface area contributed by atoms with Crippen molar-refractivity contribution < 1.29 is 14.3 Å². The van der Waals surface area contributed by atoms with Gasteiger partial charge in [-0.25, -0.2) is 9.48 Å². The van der Waals surface area contributed by atoms with E-state index < -0.39 is 0 Å². The monoisotopic (exact) mass is 254 g/mol. The van der Waals surface area contributed by atoms with Gasteiger partial charge >= 0.3 is 6.03 Å². The predicted octanol–water partition coefficient (Wildman–Crippen LogP) is -0.0295.